The van der Waals surface area contributed by atoms with E-state index in [1.165, 1.54) is 0 Å². The van der Waals surface area contributed by atoms with E-state index in [-0.39, 0.29) is 5.60 Å². The van der Waals surface area contributed by atoms with E-state index in [4.69, 9.17) is 9.47 Å². The van der Waals surface area contributed by atoms with Crippen molar-refractivity contribution in [2.24, 2.45) is 5.41 Å². The first-order valence-corrected chi connectivity index (χ1v) is 5.78. The van der Waals surface area contributed by atoms with E-state index in [2.05, 4.69) is 0 Å². The molecule has 1 aliphatic rings. The van der Waals surface area contributed by atoms with Crippen molar-refractivity contribution in [1.29, 1.82) is 0 Å². The number of hydrogen-bond donors (Lipinski definition) is 1. The van der Waals surface area contributed by atoms with Gasteiger partial charge in [0.25, 0.3) is 0 Å². The Morgan fingerprint density at radius 2 is 2.25 bits per heavy atom. The number of carboxylic acid groups (broad SMARTS) is 1. The summed E-state index contributed by atoms with van der Waals surface area (Å²) in [6, 6.07) is 0. The van der Waals surface area contributed by atoms with E-state index in [0.29, 0.717) is 26.1 Å². The lowest BCUT2D eigenvalue weighted by molar-refractivity contribution is -0.159. The van der Waals surface area contributed by atoms with Crippen LogP contribution < -0.4 is 0 Å². The zero-order valence-electron chi connectivity index (χ0n) is 10.4. The Morgan fingerprint density at radius 1 is 1.56 bits per heavy atom. The Balaban J connectivity index is 2.61. The van der Waals surface area contributed by atoms with Crippen LogP contribution in [0, 0.1) is 5.41 Å². The number of methoxy groups -OCH3 is 1. The minimum absolute atomic E-state index is 0.264. The van der Waals surface area contributed by atoms with E-state index < -0.39 is 11.4 Å². The third-order valence-electron chi connectivity index (χ3n) is 3.53. The molecule has 0 aromatic carbocycles. The molecule has 0 spiro atoms. The molecule has 16 heavy (non-hydrogen) atoms. The third-order valence-corrected chi connectivity index (χ3v) is 3.53. The molecule has 1 rings (SSSR count). The lowest BCUT2D eigenvalue weighted by atomic mass is 9.76. The molecule has 1 N–H and O–H groups in total. The Morgan fingerprint density at radius 3 is 2.69 bits per heavy atom. The van der Waals surface area contributed by atoms with E-state index in [0.717, 1.165) is 12.8 Å². The van der Waals surface area contributed by atoms with Gasteiger partial charge >= 0.3 is 5.97 Å². The van der Waals surface area contributed by atoms with E-state index in [9.17, 15) is 9.90 Å². The van der Waals surface area contributed by atoms with Crippen LogP contribution in [0.5, 0.6) is 0 Å². The first kappa shape index (κ1) is 13.5. The summed E-state index contributed by atoms with van der Waals surface area (Å²) in [5.74, 6) is -0.737. The summed E-state index contributed by atoms with van der Waals surface area (Å²) >= 11 is 0. The van der Waals surface area contributed by atoms with Crippen molar-refractivity contribution in [2.45, 2.75) is 45.1 Å². The van der Waals surface area contributed by atoms with Gasteiger partial charge in [0, 0.05) is 13.7 Å². The highest BCUT2D eigenvalue weighted by Crippen LogP contribution is 2.36. The van der Waals surface area contributed by atoms with Crippen molar-refractivity contribution < 1.29 is 19.4 Å². The standard InChI is InChI=1S/C12H22O4/c1-11(2,15-3)6-7-12(10(13)14)5-4-8-16-9-12/h4-9H2,1-3H3,(H,13,14). The molecule has 0 aromatic heterocycles. The van der Waals surface area contributed by atoms with Crippen molar-refractivity contribution in [3.05, 3.63) is 0 Å². The molecule has 4 heteroatoms. The van der Waals surface area contributed by atoms with E-state index in [1.54, 1.807) is 7.11 Å². The maximum absolute atomic E-state index is 11.4. The highest BCUT2D eigenvalue weighted by Gasteiger charge is 2.41. The summed E-state index contributed by atoms with van der Waals surface area (Å²) in [4.78, 5) is 11.4. The number of carbonyl (C=O) groups is 1. The van der Waals surface area contributed by atoms with E-state index in [1.807, 2.05) is 13.8 Å². The lowest BCUT2D eigenvalue weighted by Gasteiger charge is -2.35. The zero-order valence-corrected chi connectivity index (χ0v) is 10.4. The normalized spacial score (nSPS) is 26.7. The average Bonchev–Trinajstić information content (AvgIpc) is 2.28. The van der Waals surface area contributed by atoms with Crippen molar-refractivity contribution in [2.75, 3.05) is 20.3 Å². The van der Waals surface area contributed by atoms with Crippen LogP contribution in [0.1, 0.15) is 39.5 Å². The summed E-state index contributed by atoms with van der Waals surface area (Å²) < 4.78 is 10.6. The van der Waals surface area contributed by atoms with Crippen LogP contribution in [0.25, 0.3) is 0 Å². The molecule has 1 heterocycles. The van der Waals surface area contributed by atoms with Crippen LogP contribution in [-0.2, 0) is 14.3 Å². The quantitative estimate of drug-likeness (QED) is 0.785. The minimum Gasteiger partial charge on any atom is -0.481 e. The van der Waals surface area contributed by atoms with Gasteiger partial charge in [-0.25, -0.2) is 0 Å². The Hall–Kier alpha value is -0.610. The number of rotatable bonds is 5. The third kappa shape index (κ3) is 3.19. The van der Waals surface area contributed by atoms with Crippen LogP contribution in [0.4, 0.5) is 0 Å². The molecule has 0 radical (unpaired) electrons. The number of ether oxygens (including phenoxy) is 2. The van der Waals surface area contributed by atoms with Gasteiger partial charge < -0.3 is 14.6 Å². The largest absolute Gasteiger partial charge is 0.481 e. The van der Waals surface area contributed by atoms with E-state index >= 15 is 0 Å². The van der Waals surface area contributed by atoms with Crippen LogP contribution in [0.2, 0.25) is 0 Å². The highest BCUT2D eigenvalue weighted by atomic mass is 16.5. The maximum Gasteiger partial charge on any atom is 0.311 e. The summed E-state index contributed by atoms with van der Waals surface area (Å²) in [6.07, 6.45) is 2.89. The fourth-order valence-electron chi connectivity index (χ4n) is 1.97. The van der Waals surface area contributed by atoms with Crippen molar-refractivity contribution in [3.8, 4) is 0 Å². The molecule has 94 valence electrons. The molecular weight excluding hydrogens is 208 g/mol. The molecule has 1 saturated heterocycles. The number of carboxylic acids is 1. The topological polar surface area (TPSA) is 55.8 Å². The molecule has 4 nitrogen and oxygen atoms in total. The van der Waals surface area contributed by atoms with Gasteiger partial charge in [0.2, 0.25) is 0 Å². The molecule has 1 fully saturated rings. The predicted molar refractivity (Wildman–Crippen MR) is 60.4 cm³/mol. The maximum atomic E-state index is 11.4. The molecule has 0 bridgehead atoms. The van der Waals surface area contributed by atoms with Crippen molar-refractivity contribution in [1.82, 2.24) is 0 Å². The summed E-state index contributed by atoms with van der Waals surface area (Å²) in [5.41, 5.74) is -0.964. The summed E-state index contributed by atoms with van der Waals surface area (Å²) in [7, 11) is 1.66. The van der Waals surface area contributed by atoms with Crippen molar-refractivity contribution >= 4 is 5.97 Å². The minimum atomic E-state index is -0.737. The first-order chi connectivity index (χ1) is 7.42. The Kier molecular flexibility index (Phi) is 4.33. The zero-order chi connectivity index (χ0) is 12.2. The monoisotopic (exact) mass is 230 g/mol. The van der Waals surface area contributed by atoms with Gasteiger partial charge in [-0.3, -0.25) is 4.79 Å². The molecule has 1 aliphatic heterocycles. The predicted octanol–water partition coefficient (Wildman–Crippen LogP) is 2.07. The van der Waals surface area contributed by atoms with Crippen LogP contribution in [0.3, 0.4) is 0 Å². The number of aliphatic carboxylic acids is 1. The molecule has 0 aromatic rings. The highest BCUT2D eigenvalue weighted by molar-refractivity contribution is 5.74. The van der Waals surface area contributed by atoms with Gasteiger partial charge in [0.1, 0.15) is 0 Å². The number of hydrogen-bond acceptors (Lipinski definition) is 3. The second kappa shape index (κ2) is 5.15. The van der Waals surface area contributed by atoms with Gasteiger partial charge in [-0.05, 0) is 39.5 Å². The second-order valence-electron chi connectivity index (χ2n) is 5.21. The molecule has 1 atom stereocenters. The average molecular weight is 230 g/mol. The van der Waals surface area contributed by atoms with Gasteiger partial charge in [-0.15, -0.1) is 0 Å². The Labute approximate surface area is 96.9 Å². The fourth-order valence-corrected chi connectivity index (χ4v) is 1.97. The molecule has 1 unspecified atom stereocenters. The molecule has 0 amide bonds. The van der Waals surface area contributed by atoms with Crippen LogP contribution in [-0.4, -0.2) is 37.0 Å². The molecular formula is C12H22O4. The summed E-state index contributed by atoms with van der Waals surface area (Å²) in [5, 5.41) is 9.34. The summed E-state index contributed by atoms with van der Waals surface area (Å²) in [6.45, 7) is 4.98. The van der Waals surface area contributed by atoms with Crippen LogP contribution in [0.15, 0.2) is 0 Å². The second-order valence-corrected chi connectivity index (χ2v) is 5.21. The molecule has 0 aliphatic carbocycles. The van der Waals surface area contributed by atoms with Gasteiger partial charge in [-0.1, -0.05) is 0 Å². The Bertz CT molecular complexity index is 241. The lowest BCUT2D eigenvalue weighted by Crippen LogP contribution is -2.41. The smallest absolute Gasteiger partial charge is 0.311 e. The van der Waals surface area contributed by atoms with Gasteiger partial charge in [0.05, 0.1) is 17.6 Å². The first-order valence-electron chi connectivity index (χ1n) is 5.78. The van der Waals surface area contributed by atoms with Gasteiger partial charge in [0.15, 0.2) is 0 Å². The fraction of sp³-hybridized carbons (Fsp3) is 0.917. The SMILES string of the molecule is COC(C)(C)CCC1(C(=O)O)CCCOC1. The molecule has 0 saturated carbocycles. The van der Waals surface area contributed by atoms with Crippen molar-refractivity contribution in [3.63, 3.8) is 0 Å². The van der Waals surface area contributed by atoms with Crippen LogP contribution >= 0.6 is 0 Å². The van der Waals surface area contributed by atoms with Gasteiger partial charge in [-0.2, -0.15) is 0 Å².